The van der Waals surface area contributed by atoms with Crippen molar-refractivity contribution in [2.75, 3.05) is 14.2 Å². The van der Waals surface area contributed by atoms with Crippen LogP contribution in [0.2, 0.25) is 5.02 Å². The molecular weight excluding hydrogens is 362 g/mol. The van der Waals surface area contributed by atoms with Gasteiger partial charge in [-0.05, 0) is 42.1 Å². The second-order valence-corrected chi connectivity index (χ2v) is 6.39. The maximum Gasteiger partial charge on any atom is 0.264 e. The van der Waals surface area contributed by atoms with E-state index < -0.39 is 0 Å². The van der Waals surface area contributed by atoms with Crippen molar-refractivity contribution in [1.82, 2.24) is 10.3 Å². The molecule has 0 saturated carbocycles. The number of methoxy groups -OCH3 is 2. The summed E-state index contributed by atoms with van der Waals surface area (Å²) in [6.07, 6.45) is 3.25. The molecule has 2 heterocycles. The first kappa shape index (κ1) is 17.3. The number of amides is 1. The van der Waals surface area contributed by atoms with Crippen molar-refractivity contribution in [1.29, 1.82) is 0 Å². The van der Waals surface area contributed by atoms with Crippen molar-refractivity contribution < 1.29 is 14.3 Å². The molecule has 8 heteroatoms. The van der Waals surface area contributed by atoms with E-state index >= 15 is 0 Å². The zero-order chi connectivity index (χ0) is 17.8. The molecule has 0 atom stereocenters. The largest absolute Gasteiger partial charge is 0.497 e. The molecule has 1 N–H and O–H groups in total. The number of hydrogen-bond acceptors (Lipinski definition) is 6. The van der Waals surface area contributed by atoms with Crippen LogP contribution in [0.15, 0.2) is 46.4 Å². The van der Waals surface area contributed by atoms with Crippen LogP contribution in [-0.2, 0) is 4.79 Å². The lowest BCUT2D eigenvalue weighted by atomic mass is 10.1. The van der Waals surface area contributed by atoms with Crippen LogP contribution in [0.4, 0.5) is 5.82 Å². The first-order chi connectivity index (χ1) is 12.1. The average molecular weight is 376 g/mol. The molecule has 1 aromatic heterocycles. The van der Waals surface area contributed by atoms with Gasteiger partial charge in [-0.2, -0.15) is 0 Å². The fourth-order valence-electron chi connectivity index (χ4n) is 2.10. The Balaban J connectivity index is 1.85. The van der Waals surface area contributed by atoms with Gasteiger partial charge in [-0.3, -0.25) is 4.79 Å². The quantitative estimate of drug-likeness (QED) is 0.826. The highest BCUT2D eigenvalue weighted by Gasteiger charge is 2.24. The molecule has 1 aromatic carbocycles. The minimum Gasteiger partial charge on any atom is -0.497 e. The number of aromatic nitrogens is 1. The first-order valence-electron chi connectivity index (χ1n) is 7.22. The molecule has 25 heavy (non-hydrogen) atoms. The Hall–Kier alpha value is -2.51. The summed E-state index contributed by atoms with van der Waals surface area (Å²) in [7, 11) is 3.15. The van der Waals surface area contributed by atoms with Gasteiger partial charge in [0.05, 0.1) is 24.1 Å². The minimum absolute atomic E-state index is 0.226. The van der Waals surface area contributed by atoms with Crippen LogP contribution < -0.4 is 14.8 Å². The van der Waals surface area contributed by atoms with Crippen LogP contribution in [0.5, 0.6) is 11.5 Å². The predicted molar refractivity (Wildman–Crippen MR) is 99.6 cm³/mol. The topological polar surface area (TPSA) is 72.8 Å². The second kappa shape index (κ2) is 7.58. The molecule has 2 aromatic rings. The van der Waals surface area contributed by atoms with Crippen LogP contribution in [0.3, 0.4) is 0 Å². The number of rotatable bonds is 4. The Morgan fingerprint density at radius 2 is 2.08 bits per heavy atom. The summed E-state index contributed by atoms with van der Waals surface area (Å²) in [5.41, 5.74) is 0.770. The molecule has 1 aliphatic rings. The monoisotopic (exact) mass is 375 g/mol. The Kier molecular flexibility index (Phi) is 5.25. The molecule has 1 saturated heterocycles. The SMILES string of the molecule is COc1ccc(/C=C2\SC(=Nc3ccc(Cl)cn3)NC2=O)c(OC)c1. The Morgan fingerprint density at radius 3 is 2.76 bits per heavy atom. The zero-order valence-electron chi connectivity index (χ0n) is 13.4. The molecule has 0 spiro atoms. The number of aliphatic imine (C=N–C) groups is 1. The van der Waals surface area contributed by atoms with Gasteiger partial charge in [0.2, 0.25) is 0 Å². The number of benzene rings is 1. The highest BCUT2D eigenvalue weighted by molar-refractivity contribution is 8.18. The zero-order valence-corrected chi connectivity index (χ0v) is 15.0. The van der Waals surface area contributed by atoms with Crippen molar-refractivity contribution in [2.45, 2.75) is 0 Å². The van der Waals surface area contributed by atoms with Gasteiger partial charge in [0.15, 0.2) is 11.0 Å². The number of halogens is 1. The number of amidine groups is 1. The molecule has 0 radical (unpaired) electrons. The summed E-state index contributed by atoms with van der Waals surface area (Å²) in [4.78, 5) is 21.1. The van der Waals surface area contributed by atoms with Gasteiger partial charge < -0.3 is 14.8 Å². The van der Waals surface area contributed by atoms with Gasteiger partial charge >= 0.3 is 0 Å². The number of pyridine rings is 1. The van der Waals surface area contributed by atoms with Gasteiger partial charge in [0.1, 0.15) is 11.5 Å². The molecule has 6 nitrogen and oxygen atoms in total. The standard InChI is InChI=1S/C17H14ClN3O3S/c1-23-12-5-3-10(13(8-12)24-2)7-14-16(22)21-17(25-14)20-15-6-4-11(18)9-19-15/h3-9H,1-2H3,(H,19,20,21,22)/b14-7-. The molecule has 128 valence electrons. The van der Waals surface area contributed by atoms with Crippen molar-refractivity contribution in [3.05, 3.63) is 52.0 Å². The van der Waals surface area contributed by atoms with Gasteiger partial charge in [-0.1, -0.05) is 11.6 Å². The van der Waals surface area contributed by atoms with Crippen LogP contribution in [0, 0.1) is 0 Å². The van der Waals surface area contributed by atoms with E-state index in [1.807, 2.05) is 6.07 Å². The van der Waals surface area contributed by atoms with Gasteiger partial charge in [-0.25, -0.2) is 9.98 Å². The summed E-state index contributed by atoms with van der Waals surface area (Å²) in [6.45, 7) is 0. The third kappa shape index (κ3) is 4.12. The lowest BCUT2D eigenvalue weighted by Gasteiger charge is -2.07. The van der Waals surface area contributed by atoms with Gasteiger partial charge in [-0.15, -0.1) is 0 Å². The summed E-state index contributed by atoms with van der Waals surface area (Å²) in [5.74, 6) is 1.54. The van der Waals surface area contributed by atoms with E-state index in [1.165, 1.54) is 18.0 Å². The van der Waals surface area contributed by atoms with E-state index in [0.29, 0.717) is 32.4 Å². The molecule has 0 unspecified atom stereocenters. The lowest BCUT2D eigenvalue weighted by molar-refractivity contribution is -0.115. The van der Waals surface area contributed by atoms with Crippen molar-refractivity contribution in [2.24, 2.45) is 4.99 Å². The maximum absolute atomic E-state index is 12.2. The van der Waals surface area contributed by atoms with Crippen LogP contribution in [-0.4, -0.2) is 30.3 Å². The fourth-order valence-corrected chi connectivity index (χ4v) is 3.03. The van der Waals surface area contributed by atoms with E-state index in [2.05, 4.69) is 15.3 Å². The predicted octanol–water partition coefficient (Wildman–Crippen LogP) is 3.64. The van der Waals surface area contributed by atoms with E-state index in [1.54, 1.807) is 44.6 Å². The normalized spacial score (nSPS) is 17.0. The summed E-state index contributed by atoms with van der Waals surface area (Å²) in [6, 6.07) is 8.76. The van der Waals surface area contributed by atoms with Crippen molar-refractivity contribution >= 4 is 46.3 Å². The number of ether oxygens (including phenoxy) is 2. The summed E-state index contributed by atoms with van der Waals surface area (Å²) < 4.78 is 10.5. The first-order valence-corrected chi connectivity index (χ1v) is 8.41. The summed E-state index contributed by atoms with van der Waals surface area (Å²) >= 11 is 7.03. The van der Waals surface area contributed by atoms with Crippen molar-refractivity contribution in [3.8, 4) is 11.5 Å². The molecule has 3 rings (SSSR count). The number of thioether (sulfide) groups is 1. The number of carbonyl (C=O) groups is 1. The fraction of sp³-hybridized carbons (Fsp3) is 0.118. The molecule has 1 fully saturated rings. The van der Waals surface area contributed by atoms with Gasteiger partial charge in [0, 0.05) is 17.8 Å². The molecular formula is C17H14ClN3O3S. The van der Waals surface area contributed by atoms with Crippen molar-refractivity contribution in [3.63, 3.8) is 0 Å². The lowest BCUT2D eigenvalue weighted by Crippen LogP contribution is -2.19. The number of nitrogens with one attached hydrogen (secondary N) is 1. The Bertz CT molecular complexity index is 866. The molecule has 0 bridgehead atoms. The van der Waals surface area contributed by atoms with Crippen LogP contribution >= 0.6 is 23.4 Å². The van der Waals surface area contributed by atoms with E-state index in [4.69, 9.17) is 21.1 Å². The average Bonchev–Trinajstić information content (AvgIpc) is 2.96. The third-order valence-corrected chi connectivity index (χ3v) is 4.44. The minimum atomic E-state index is -0.226. The summed E-state index contributed by atoms with van der Waals surface area (Å²) in [5, 5.41) is 3.70. The highest BCUT2D eigenvalue weighted by Crippen LogP contribution is 2.32. The molecule has 1 aliphatic heterocycles. The smallest absolute Gasteiger partial charge is 0.264 e. The number of carbonyl (C=O) groups excluding carboxylic acids is 1. The van der Waals surface area contributed by atoms with Gasteiger partial charge in [0.25, 0.3) is 5.91 Å². The van der Waals surface area contributed by atoms with E-state index in [9.17, 15) is 4.79 Å². The second-order valence-electron chi connectivity index (χ2n) is 4.92. The van der Waals surface area contributed by atoms with Crippen LogP contribution in [0.1, 0.15) is 5.56 Å². The molecule has 1 amide bonds. The number of nitrogens with zero attached hydrogens (tertiary/aromatic N) is 2. The highest BCUT2D eigenvalue weighted by atomic mass is 35.5. The third-order valence-electron chi connectivity index (χ3n) is 3.31. The Labute approximate surface area is 153 Å². The van der Waals surface area contributed by atoms with E-state index in [0.717, 1.165) is 5.56 Å². The number of hydrogen-bond donors (Lipinski definition) is 1. The Morgan fingerprint density at radius 1 is 1.24 bits per heavy atom. The van der Waals surface area contributed by atoms with Crippen LogP contribution in [0.25, 0.3) is 6.08 Å². The maximum atomic E-state index is 12.2. The molecule has 0 aliphatic carbocycles. The van der Waals surface area contributed by atoms with E-state index in [-0.39, 0.29) is 5.91 Å².